The van der Waals surface area contributed by atoms with E-state index >= 15 is 0 Å². The Morgan fingerprint density at radius 1 is 1.14 bits per heavy atom. The average molecular weight is 307 g/mol. The summed E-state index contributed by atoms with van der Waals surface area (Å²) in [6.45, 7) is 0. The van der Waals surface area contributed by atoms with E-state index in [1.54, 1.807) is 30.6 Å². The van der Waals surface area contributed by atoms with Crippen LogP contribution in [-0.4, -0.2) is 22.1 Å². The lowest BCUT2D eigenvalue weighted by Gasteiger charge is -2.05. The molecule has 3 nitrogen and oxygen atoms in total. The quantitative estimate of drug-likeness (QED) is 0.692. The second kappa shape index (κ2) is 6.43. The Hall–Kier alpha value is -2.63. The van der Waals surface area contributed by atoms with Gasteiger partial charge in [-0.25, -0.2) is 0 Å². The minimum atomic E-state index is -4.99. The average Bonchev–Trinajstić information content (AvgIpc) is 2.48. The number of allylic oxidation sites excluding steroid dienone is 1. The Bertz CT molecular complexity index is 677. The summed E-state index contributed by atoms with van der Waals surface area (Å²) in [4.78, 5) is 14.8. The van der Waals surface area contributed by atoms with Crippen LogP contribution in [0.1, 0.15) is 16.7 Å². The zero-order valence-corrected chi connectivity index (χ0v) is 11.3. The molecule has 0 radical (unpaired) electrons. The molecule has 0 bridgehead atoms. The highest BCUT2D eigenvalue weighted by molar-refractivity contribution is 5.99. The molecule has 0 spiro atoms. The molecule has 2 rings (SSSR count). The minimum absolute atomic E-state index is 0.146. The molecule has 114 valence electrons. The third kappa shape index (κ3) is 4.18. The molecule has 1 heterocycles. The van der Waals surface area contributed by atoms with E-state index in [-0.39, 0.29) is 11.6 Å². The van der Waals surface area contributed by atoms with E-state index in [2.05, 4.69) is 4.98 Å². The van der Waals surface area contributed by atoms with Crippen molar-refractivity contribution >= 4 is 11.5 Å². The van der Waals surface area contributed by atoms with Crippen LogP contribution in [0.2, 0.25) is 0 Å². The number of carbonyl (C=O) groups excluding carboxylic acids is 1. The van der Waals surface area contributed by atoms with Crippen molar-refractivity contribution in [3.8, 4) is 0 Å². The van der Waals surface area contributed by atoms with E-state index in [4.69, 9.17) is 0 Å². The molecule has 2 aromatic rings. The van der Waals surface area contributed by atoms with E-state index in [0.29, 0.717) is 6.42 Å². The normalized spacial score (nSPS) is 12.2. The van der Waals surface area contributed by atoms with E-state index in [0.717, 1.165) is 11.1 Å². The summed E-state index contributed by atoms with van der Waals surface area (Å²) >= 11 is 0. The Balaban J connectivity index is 2.12. The molecule has 6 heteroatoms. The van der Waals surface area contributed by atoms with Crippen LogP contribution in [0.25, 0.3) is 5.76 Å². The van der Waals surface area contributed by atoms with Gasteiger partial charge in [0, 0.05) is 24.0 Å². The van der Waals surface area contributed by atoms with Crippen molar-refractivity contribution in [3.63, 3.8) is 0 Å². The van der Waals surface area contributed by atoms with Crippen LogP contribution in [-0.2, 0) is 11.2 Å². The summed E-state index contributed by atoms with van der Waals surface area (Å²) in [6.07, 6.45) is -0.829. The number of alkyl halides is 3. The summed E-state index contributed by atoms with van der Waals surface area (Å²) < 4.78 is 36.4. The van der Waals surface area contributed by atoms with Crippen molar-refractivity contribution in [2.75, 3.05) is 0 Å². The smallest absolute Gasteiger partial charge is 0.454 e. The number of hydrogen-bond acceptors (Lipinski definition) is 3. The lowest BCUT2D eigenvalue weighted by atomic mass is 10.0. The number of ketones is 1. The molecule has 0 unspecified atom stereocenters. The summed E-state index contributed by atoms with van der Waals surface area (Å²) in [5.41, 5.74) is 2.04. The first-order valence-corrected chi connectivity index (χ1v) is 6.36. The number of aliphatic hydroxyl groups excluding tert-OH is 1. The molecule has 0 saturated heterocycles. The maximum absolute atomic E-state index is 12.1. The van der Waals surface area contributed by atoms with Gasteiger partial charge in [0.15, 0.2) is 0 Å². The fourth-order valence-corrected chi connectivity index (χ4v) is 1.82. The Morgan fingerprint density at radius 3 is 2.36 bits per heavy atom. The first-order valence-electron chi connectivity index (χ1n) is 6.36. The molecular weight excluding hydrogens is 295 g/mol. The monoisotopic (exact) mass is 307 g/mol. The maximum atomic E-state index is 12.1. The fourth-order valence-electron chi connectivity index (χ4n) is 1.82. The number of aromatic nitrogens is 1. The summed E-state index contributed by atoms with van der Waals surface area (Å²) in [7, 11) is 0. The van der Waals surface area contributed by atoms with Gasteiger partial charge in [0.25, 0.3) is 5.78 Å². The number of aliphatic hydroxyl groups is 1. The van der Waals surface area contributed by atoms with Crippen LogP contribution >= 0.6 is 0 Å². The highest BCUT2D eigenvalue weighted by Gasteiger charge is 2.36. The number of nitrogens with zero attached hydrogens (tertiary/aromatic N) is 1. The van der Waals surface area contributed by atoms with Crippen LogP contribution in [0.3, 0.4) is 0 Å². The second-order valence-corrected chi connectivity index (χ2v) is 4.63. The van der Waals surface area contributed by atoms with Crippen molar-refractivity contribution in [3.05, 3.63) is 71.6 Å². The van der Waals surface area contributed by atoms with Gasteiger partial charge >= 0.3 is 6.18 Å². The lowest BCUT2D eigenvalue weighted by Crippen LogP contribution is -2.20. The van der Waals surface area contributed by atoms with Crippen LogP contribution in [0.5, 0.6) is 0 Å². The molecule has 0 aliphatic heterocycles. The van der Waals surface area contributed by atoms with Crippen molar-refractivity contribution < 1.29 is 23.1 Å². The van der Waals surface area contributed by atoms with Gasteiger partial charge < -0.3 is 5.11 Å². The molecule has 0 aliphatic rings. The first kappa shape index (κ1) is 15.8. The third-order valence-corrected chi connectivity index (χ3v) is 2.93. The number of benzene rings is 1. The molecule has 1 N–H and O–H groups in total. The second-order valence-electron chi connectivity index (χ2n) is 4.63. The van der Waals surface area contributed by atoms with Crippen LogP contribution in [0, 0.1) is 0 Å². The number of rotatable bonds is 4. The standard InChI is InChI=1S/C16H12F3NO2/c17-16(18,19)15(22)9-14(21)13-5-3-11(4-6-13)8-12-2-1-7-20-10-12/h1-7,9-10,21H,8H2/b14-9-. The molecule has 1 aromatic carbocycles. The fraction of sp³-hybridized carbons (Fsp3) is 0.125. The van der Waals surface area contributed by atoms with Gasteiger partial charge in [-0.2, -0.15) is 13.2 Å². The van der Waals surface area contributed by atoms with Gasteiger partial charge in [-0.1, -0.05) is 30.3 Å². The van der Waals surface area contributed by atoms with Crippen molar-refractivity contribution in [2.24, 2.45) is 0 Å². The van der Waals surface area contributed by atoms with Crippen molar-refractivity contribution in [1.82, 2.24) is 4.98 Å². The number of carbonyl (C=O) groups is 1. The van der Waals surface area contributed by atoms with Gasteiger partial charge in [-0.15, -0.1) is 0 Å². The first-order chi connectivity index (χ1) is 10.4. The summed E-state index contributed by atoms with van der Waals surface area (Å²) in [6, 6.07) is 9.97. The topological polar surface area (TPSA) is 50.2 Å². The van der Waals surface area contributed by atoms with E-state index in [1.165, 1.54) is 12.1 Å². The molecule has 0 fully saturated rings. The van der Waals surface area contributed by atoms with Gasteiger partial charge in [-0.05, 0) is 23.6 Å². The van der Waals surface area contributed by atoms with E-state index < -0.39 is 17.7 Å². The number of pyridine rings is 1. The number of hydrogen-bond donors (Lipinski definition) is 1. The van der Waals surface area contributed by atoms with Gasteiger partial charge in [0.05, 0.1) is 0 Å². The van der Waals surface area contributed by atoms with Gasteiger partial charge in [0.2, 0.25) is 0 Å². The zero-order valence-electron chi connectivity index (χ0n) is 11.3. The summed E-state index contributed by atoms with van der Waals surface area (Å²) in [5.74, 6) is -2.81. The van der Waals surface area contributed by atoms with Crippen LogP contribution in [0.15, 0.2) is 54.9 Å². The Kier molecular flexibility index (Phi) is 4.60. The zero-order chi connectivity index (χ0) is 16.2. The highest BCUT2D eigenvalue weighted by atomic mass is 19.4. The maximum Gasteiger partial charge on any atom is 0.454 e. The van der Waals surface area contributed by atoms with Gasteiger partial charge in [0.1, 0.15) is 5.76 Å². The molecule has 0 saturated carbocycles. The lowest BCUT2D eigenvalue weighted by molar-refractivity contribution is -0.165. The van der Waals surface area contributed by atoms with E-state index in [9.17, 15) is 23.1 Å². The Labute approximate surface area is 124 Å². The minimum Gasteiger partial charge on any atom is -0.507 e. The van der Waals surface area contributed by atoms with Crippen molar-refractivity contribution in [2.45, 2.75) is 12.6 Å². The molecule has 0 aliphatic carbocycles. The molecule has 0 amide bonds. The number of halogens is 3. The predicted octanol–water partition coefficient (Wildman–Crippen LogP) is 3.70. The van der Waals surface area contributed by atoms with Crippen LogP contribution < -0.4 is 0 Å². The molecular formula is C16H12F3NO2. The highest BCUT2D eigenvalue weighted by Crippen LogP contribution is 2.20. The Morgan fingerprint density at radius 2 is 1.82 bits per heavy atom. The molecule has 22 heavy (non-hydrogen) atoms. The molecule has 0 atom stereocenters. The largest absolute Gasteiger partial charge is 0.507 e. The van der Waals surface area contributed by atoms with E-state index in [1.807, 2.05) is 6.07 Å². The molecule has 1 aromatic heterocycles. The van der Waals surface area contributed by atoms with Gasteiger partial charge in [-0.3, -0.25) is 9.78 Å². The predicted molar refractivity (Wildman–Crippen MR) is 75.2 cm³/mol. The van der Waals surface area contributed by atoms with Crippen LogP contribution in [0.4, 0.5) is 13.2 Å². The van der Waals surface area contributed by atoms with Crippen molar-refractivity contribution in [1.29, 1.82) is 0 Å². The SMILES string of the molecule is O=C(/C=C(\O)c1ccc(Cc2cccnc2)cc1)C(F)(F)F. The third-order valence-electron chi connectivity index (χ3n) is 2.93. The summed E-state index contributed by atoms with van der Waals surface area (Å²) in [5, 5.41) is 9.57.